The molecule has 0 aliphatic rings. The van der Waals surface area contributed by atoms with Gasteiger partial charge in [-0.2, -0.15) is 8.78 Å². The maximum atomic E-state index is 14.1. The summed E-state index contributed by atoms with van der Waals surface area (Å²) in [6.45, 7) is 7.91. The molecule has 146 valence electrons. The standard InChI is InChI=1S/C18H24F3NO4/c1-6-25-15(23)18(20,21)13-10-12(7-8-14(13)19)9-11(2)22-16(24)26-17(3,4)5/h7-8,10-11H,6,9H2,1-5H3,(H,22,24). The van der Waals surface area contributed by atoms with Gasteiger partial charge in [0.25, 0.3) is 0 Å². The summed E-state index contributed by atoms with van der Waals surface area (Å²) in [4.78, 5) is 23.1. The molecule has 1 N–H and O–H groups in total. The molecule has 0 aliphatic heterocycles. The van der Waals surface area contributed by atoms with Crippen molar-refractivity contribution < 1.29 is 32.2 Å². The molecule has 0 bridgehead atoms. The van der Waals surface area contributed by atoms with E-state index in [-0.39, 0.29) is 13.0 Å². The van der Waals surface area contributed by atoms with Gasteiger partial charge in [0.05, 0.1) is 12.2 Å². The van der Waals surface area contributed by atoms with Crippen LogP contribution in [0.3, 0.4) is 0 Å². The number of hydrogen-bond donors (Lipinski definition) is 1. The quantitative estimate of drug-likeness (QED) is 0.765. The Kier molecular flexibility index (Phi) is 7.06. The van der Waals surface area contributed by atoms with Gasteiger partial charge >= 0.3 is 18.0 Å². The average molecular weight is 375 g/mol. The molecule has 0 spiro atoms. The van der Waals surface area contributed by atoms with Crippen molar-refractivity contribution in [2.75, 3.05) is 6.61 Å². The number of halogens is 3. The van der Waals surface area contributed by atoms with Crippen molar-refractivity contribution in [2.24, 2.45) is 0 Å². The summed E-state index contributed by atoms with van der Waals surface area (Å²) in [7, 11) is 0. The van der Waals surface area contributed by atoms with E-state index in [1.165, 1.54) is 13.0 Å². The molecule has 1 aromatic carbocycles. The highest BCUT2D eigenvalue weighted by Gasteiger charge is 2.45. The van der Waals surface area contributed by atoms with E-state index in [2.05, 4.69) is 10.1 Å². The molecule has 1 unspecified atom stereocenters. The van der Waals surface area contributed by atoms with E-state index in [1.807, 2.05) is 0 Å². The highest BCUT2D eigenvalue weighted by atomic mass is 19.3. The number of alkyl carbamates (subject to hydrolysis) is 1. The van der Waals surface area contributed by atoms with Crippen LogP contribution in [-0.4, -0.2) is 30.3 Å². The normalized spacial score (nSPS) is 13.1. The van der Waals surface area contributed by atoms with Crippen LogP contribution in [0.5, 0.6) is 0 Å². The molecular formula is C18H24F3NO4. The molecule has 0 saturated heterocycles. The zero-order valence-corrected chi connectivity index (χ0v) is 15.5. The second-order valence-corrected chi connectivity index (χ2v) is 6.86. The van der Waals surface area contributed by atoms with Gasteiger partial charge in [-0.25, -0.2) is 14.0 Å². The van der Waals surface area contributed by atoms with Crippen LogP contribution < -0.4 is 5.32 Å². The third-order valence-corrected chi connectivity index (χ3v) is 3.21. The van der Waals surface area contributed by atoms with Gasteiger partial charge in [0.2, 0.25) is 0 Å². The fourth-order valence-corrected chi connectivity index (χ4v) is 2.19. The Hall–Kier alpha value is -2.25. The number of benzene rings is 1. The molecule has 1 aromatic rings. The average Bonchev–Trinajstić information content (AvgIpc) is 2.47. The Morgan fingerprint density at radius 3 is 2.38 bits per heavy atom. The first-order valence-corrected chi connectivity index (χ1v) is 8.20. The lowest BCUT2D eigenvalue weighted by Crippen LogP contribution is -2.38. The van der Waals surface area contributed by atoms with E-state index in [1.54, 1.807) is 27.7 Å². The SMILES string of the molecule is CCOC(=O)C(F)(F)c1cc(CC(C)NC(=O)OC(C)(C)C)ccc1F. The maximum absolute atomic E-state index is 14.1. The van der Waals surface area contributed by atoms with Gasteiger partial charge in [0, 0.05) is 6.04 Å². The molecule has 0 fully saturated rings. The van der Waals surface area contributed by atoms with E-state index in [0.717, 1.165) is 12.1 Å². The fourth-order valence-electron chi connectivity index (χ4n) is 2.19. The number of ether oxygens (including phenoxy) is 2. The molecule has 1 amide bonds. The summed E-state index contributed by atoms with van der Waals surface area (Å²) < 4.78 is 51.5. The number of carbonyl (C=O) groups is 2. The lowest BCUT2D eigenvalue weighted by atomic mass is 10.0. The Morgan fingerprint density at radius 1 is 1.23 bits per heavy atom. The third kappa shape index (κ3) is 6.24. The Bertz CT molecular complexity index is 656. The second kappa shape index (κ2) is 8.42. The number of rotatable bonds is 6. The van der Waals surface area contributed by atoms with Gasteiger partial charge in [-0.15, -0.1) is 0 Å². The van der Waals surface area contributed by atoms with Crippen LogP contribution in [0.4, 0.5) is 18.0 Å². The van der Waals surface area contributed by atoms with Crippen molar-refractivity contribution in [1.29, 1.82) is 0 Å². The first-order valence-electron chi connectivity index (χ1n) is 8.20. The minimum atomic E-state index is -4.10. The fraction of sp³-hybridized carbons (Fsp3) is 0.556. The van der Waals surface area contributed by atoms with Crippen molar-refractivity contribution >= 4 is 12.1 Å². The van der Waals surface area contributed by atoms with Crippen LogP contribution in [0.2, 0.25) is 0 Å². The molecule has 1 atom stereocenters. The topological polar surface area (TPSA) is 64.6 Å². The van der Waals surface area contributed by atoms with Gasteiger partial charge in [-0.1, -0.05) is 6.07 Å². The monoisotopic (exact) mass is 375 g/mol. The minimum Gasteiger partial charge on any atom is -0.461 e. The van der Waals surface area contributed by atoms with Crippen molar-refractivity contribution in [1.82, 2.24) is 5.32 Å². The van der Waals surface area contributed by atoms with E-state index in [0.29, 0.717) is 5.56 Å². The number of hydrogen-bond acceptors (Lipinski definition) is 4. The van der Waals surface area contributed by atoms with Gasteiger partial charge in [0.1, 0.15) is 11.4 Å². The van der Waals surface area contributed by atoms with Crippen molar-refractivity contribution in [2.45, 2.75) is 58.6 Å². The van der Waals surface area contributed by atoms with Crippen LogP contribution in [0.1, 0.15) is 45.7 Å². The number of amides is 1. The van der Waals surface area contributed by atoms with E-state index < -0.39 is 41.0 Å². The van der Waals surface area contributed by atoms with Gasteiger partial charge in [-0.05, 0) is 58.7 Å². The predicted molar refractivity (Wildman–Crippen MR) is 89.5 cm³/mol. The van der Waals surface area contributed by atoms with Crippen molar-refractivity contribution in [3.63, 3.8) is 0 Å². The van der Waals surface area contributed by atoms with E-state index in [4.69, 9.17) is 4.74 Å². The largest absolute Gasteiger partial charge is 0.461 e. The highest BCUT2D eigenvalue weighted by molar-refractivity contribution is 5.79. The zero-order chi connectivity index (χ0) is 20.1. The molecule has 5 nitrogen and oxygen atoms in total. The smallest absolute Gasteiger partial charge is 0.407 e. The summed E-state index contributed by atoms with van der Waals surface area (Å²) in [5.41, 5.74) is -1.40. The molecule has 8 heteroatoms. The summed E-state index contributed by atoms with van der Waals surface area (Å²) in [5, 5.41) is 2.57. The number of carbonyl (C=O) groups excluding carboxylic acids is 2. The molecule has 0 aliphatic carbocycles. The van der Waals surface area contributed by atoms with Crippen molar-refractivity contribution in [3.05, 3.63) is 35.1 Å². The third-order valence-electron chi connectivity index (χ3n) is 3.21. The van der Waals surface area contributed by atoms with Gasteiger partial charge in [-0.3, -0.25) is 0 Å². The first-order chi connectivity index (χ1) is 11.9. The molecule has 0 aromatic heterocycles. The maximum Gasteiger partial charge on any atom is 0.407 e. The minimum absolute atomic E-state index is 0.144. The Labute approximate surface area is 150 Å². The highest BCUT2D eigenvalue weighted by Crippen LogP contribution is 2.32. The van der Waals surface area contributed by atoms with Crippen LogP contribution in [0.25, 0.3) is 0 Å². The summed E-state index contributed by atoms with van der Waals surface area (Å²) >= 11 is 0. The van der Waals surface area contributed by atoms with Crippen molar-refractivity contribution in [3.8, 4) is 0 Å². The molecule has 0 heterocycles. The molecular weight excluding hydrogens is 351 g/mol. The second-order valence-electron chi connectivity index (χ2n) is 6.86. The van der Waals surface area contributed by atoms with Crippen LogP contribution >= 0.6 is 0 Å². The Morgan fingerprint density at radius 2 is 1.85 bits per heavy atom. The van der Waals surface area contributed by atoms with Crippen LogP contribution in [0.15, 0.2) is 18.2 Å². The lowest BCUT2D eigenvalue weighted by molar-refractivity contribution is -0.173. The number of esters is 1. The predicted octanol–water partition coefficient (Wildman–Crippen LogP) is 3.94. The van der Waals surface area contributed by atoms with Crippen LogP contribution in [-0.2, 0) is 26.6 Å². The molecule has 26 heavy (non-hydrogen) atoms. The summed E-state index contributed by atoms with van der Waals surface area (Å²) in [5.74, 6) is -7.12. The number of alkyl halides is 2. The zero-order valence-electron chi connectivity index (χ0n) is 15.5. The number of nitrogens with one attached hydrogen (secondary N) is 1. The molecule has 0 saturated carbocycles. The molecule has 1 rings (SSSR count). The molecule has 0 radical (unpaired) electrons. The van der Waals surface area contributed by atoms with E-state index >= 15 is 0 Å². The summed E-state index contributed by atoms with van der Waals surface area (Å²) in [6, 6.07) is 2.62. The summed E-state index contributed by atoms with van der Waals surface area (Å²) in [6.07, 6.45) is -0.505. The van der Waals surface area contributed by atoms with Crippen LogP contribution in [0, 0.1) is 5.82 Å². The lowest BCUT2D eigenvalue weighted by Gasteiger charge is -2.22. The van der Waals surface area contributed by atoms with E-state index in [9.17, 15) is 22.8 Å². The Balaban J connectivity index is 2.90. The first kappa shape index (κ1) is 21.8. The van der Waals surface area contributed by atoms with Gasteiger partial charge < -0.3 is 14.8 Å². The van der Waals surface area contributed by atoms with Gasteiger partial charge in [0.15, 0.2) is 0 Å².